The minimum atomic E-state index is -0.788. The van der Waals surface area contributed by atoms with E-state index < -0.39 is 17.9 Å². The molecule has 0 aromatic heterocycles. The molecule has 1 aliphatic heterocycles. The Morgan fingerprint density at radius 2 is 1.69 bits per heavy atom. The molecular weight excluding hydrogens is 417 g/mol. The number of halogens is 2. The zero-order valence-corrected chi connectivity index (χ0v) is 18.6. The van der Waals surface area contributed by atoms with E-state index in [-0.39, 0.29) is 35.5 Å². The van der Waals surface area contributed by atoms with Crippen LogP contribution in [0.4, 0.5) is 0 Å². The third-order valence-electron chi connectivity index (χ3n) is 4.36. The van der Waals surface area contributed by atoms with Crippen molar-refractivity contribution in [3.05, 3.63) is 56.3 Å². The fraction of sp³-hybridized carbons (Fsp3) is 0.429. The number of dihydropyridines is 1. The molecule has 1 heterocycles. The monoisotopic (exact) mass is 441 g/mol. The maximum atomic E-state index is 12.9. The van der Waals surface area contributed by atoms with Crippen molar-refractivity contribution in [2.24, 2.45) is 0 Å². The number of nitrogens with one attached hydrogen (secondary N) is 1. The van der Waals surface area contributed by atoms with Crippen molar-refractivity contribution in [1.82, 2.24) is 5.32 Å². The van der Waals surface area contributed by atoms with Crippen LogP contribution in [-0.4, -0.2) is 38.4 Å². The lowest BCUT2D eigenvalue weighted by Crippen LogP contribution is -2.33. The Bertz CT molecular complexity index is 861. The Balaban J connectivity index is 2.61. The summed E-state index contributed by atoms with van der Waals surface area (Å²) in [5.74, 6) is -1.90. The maximum absolute atomic E-state index is 12.9. The average Bonchev–Trinajstić information content (AvgIpc) is 2.62. The highest BCUT2D eigenvalue weighted by atomic mass is 35.5. The number of hydrogen-bond donors (Lipinski definition) is 1. The van der Waals surface area contributed by atoms with Gasteiger partial charge in [0.1, 0.15) is 6.61 Å². The van der Waals surface area contributed by atoms with Gasteiger partial charge in [-0.3, -0.25) is 0 Å². The molecule has 0 fully saturated rings. The van der Waals surface area contributed by atoms with Crippen molar-refractivity contribution < 1.29 is 23.8 Å². The molecule has 0 saturated heterocycles. The van der Waals surface area contributed by atoms with E-state index >= 15 is 0 Å². The summed E-state index contributed by atoms with van der Waals surface area (Å²) < 4.78 is 15.7. The van der Waals surface area contributed by atoms with Crippen LogP contribution in [0.3, 0.4) is 0 Å². The quantitative estimate of drug-likeness (QED) is 0.500. The molecular formula is C21H25Cl2NO5. The molecule has 1 unspecified atom stereocenters. The smallest absolute Gasteiger partial charge is 0.337 e. The standard InChI is InChI=1S/C21H25Cl2NO5/c1-11(2)29-21(26)17-13(4)24-12(3)16(20(25)28-10-9-27-5)18(17)14-7-6-8-15(22)19(14)23/h6-8,11,18,24H,9-10H2,1-5H3. The lowest BCUT2D eigenvalue weighted by molar-refractivity contribution is -0.143. The molecule has 0 spiro atoms. The maximum Gasteiger partial charge on any atom is 0.337 e. The predicted octanol–water partition coefficient (Wildman–Crippen LogP) is 4.37. The van der Waals surface area contributed by atoms with E-state index in [1.54, 1.807) is 45.9 Å². The number of carbonyl (C=O) groups excluding carboxylic acids is 2. The van der Waals surface area contributed by atoms with E-state index in [0.29, 0.717) is 22.0 Å². The molecule has 2 rings (SSSR count). The highest BCUT2D eigenvalue weighted by Crippen LogP contribution is 2.43. The number of methoxy groups -OCH3 is 1. The second kappa shape index (κ2) is 10.1. The highest BCUT2D eigenvalue weighted by Gasteiger charge is 2.39. The van der Waals surface area contributed by atoms with Crippen LogP contribution in [0, 0.1) is 0 Å². The molecule has 158 valence electrons. The second-order valence-corrected chi connectivity index (χ2v) is 7.65. The van der Waals surface area contributed by atoms with Gasteiger partial charge >= 0.3 is 11.9 Å². The summed E-state index contributed by atoms with van der Waals surface area (Å²) in [6.45, 7) is 7.34. The van der Waals surface area contributed by atoms with Gasteiger partial charge in [0, 0.05) is 18.5 Å². The number of allylic oxidation sites excluding steroid dienone is 2. The first kappa shape index (κ1) is 23.3. The molecule has 6 nitrogen and oxygen atoms in total. The first-order valence-corrected chi connectivity index (χ1v) is 9.94. The molecule has 1 aliphatic rings. The van der Waals surface area contributed by atoms with E-state index in [9.17, 15) is 9.59 Å². The van der Waals surface area contributed by atoms with Crippen LogP contribution in [0.1, 0.15) is 39.2 Å². The Kier molecular flexibility index (Phi) is 8.14. The minimum absolute atomic E-state index is 0.0799. The Labute approximate surface area is 180 Å². The van der Waals surface area contributed by atoms with E-state index in [1.165, 1.54) is 7.11 Å². The van der Waals surface area contributed by atoms with E-state index in [4.69, 9.17) is 37.4 Å². The van der Waals surface area contributed by atoms with Gasteiger partial charge in [0.2, 0.25) is 0 Å². The zero-order chi connectivity index (χ0) is 21.7. The normalized spacial score (nSPS) is 16.8. The molecule has 1 aromatic carbocycles. The lowest BCUT2D eigenvalue weighted by Gasteiger charge is -2.31. The van der Waals surface area contributed by atoms with Gasteiger partial charge in [-0.15, -0.1) is 0 Å². The van der Waals surface area contributed by atoms with Gasteiger partial charge in [0.15, 0.2) is 0 Å². The molecule has 0 aliphatic carbocycles. The summed E-state index contributed by atoms with van der Waals surface area (Å²) in [4.78, 5) is 25.9. The van der Waals surface area contributed by atoms with E-state index in [0.717, 1.165) is 0 Å². The summed E-state index contributed by atoms with van der Waals surface area (Å²) in [5.41, 5.74) is 2.21. The van der Waals surface area contributed by atoms with Crippen LogP contribution in [0.2, 0.25) is 10.0 Å². The third-order valence-corrected chi connectivity index (χ3v) is 5.19. The predicted molar refractivity (Wildman–Crippen MR) is 112 cm³/mol. The lowest BCUT2D eigenvalue weighted by atomic mass is 9.80. The van der Waals surface area contributed by atoms with Crippen molar-refractivity contribution in [3.8, 4) is 0 Å². The van der Waals surface area contributed by atoms with E-state index in [2.05, 4.69) is 5.32 Å². The Hall–Kier alpha value is -2.02. The molecule has 0 amide bonds. The first-order chi connectivity index (χ1) is 13.7. The zero-order valence-electron chi connectivity index (χ0n) is 17.1. The largest absolute Gasteiger partial charge is 0.460 e. The van der Waals surface area contributed by atoms with Gasteiger partial charge in [-0.05, 0) is 39.3 Å². The number of rotatable bonds is 7. The van der Waals surface area contributed by atoms with Crippen LogP contribution < -0.4 is 5.32 Å². The summed E-state index contributed by atoms with van der Waals surface area (Å²) in [6, 6.07) is 5.09. The van der Waals surface area contributed by atoms with Gasteiger partial charge in [-0.2, -0.15) is 0 Å². The minimum Gasteiger partial charge on any atom is -0.460 e. The summed E-state index contributed by atoms with van der Waals surface area (Å²) >= 11 is 12.7. The van der Waals surface area contributed by atoms with Crippen LogP contribution in [0.5, 0.6) is 0 Å². The van der Waals surface area contributed by atoms with Crippen molar-refractivity contribution in [3.63, 3.8) is 0 Å². The molecule has 29 heavy (non-hydrogen) atoms. The molecule has 8 heteroatoms. The summed E-state index contributed by atoms with van der Waals surface area (Å²) in [5, 5.41) is 3.67. The van der Waals surface area contributed by atoms with Crippen molar-refractivity contribution in [2.45, 2.75) is 39.7 Å². The number of benzene rings is 1. The summed E-state index contributed by atoms with van der Waals surface area (Å²) in [6.07, 6.45) is -0.331. The fourth-order valence-corrected chi connectivity index (χ4v) is 3.58. The van der Waals surface area contributed by atoms with Crippen molar-refractivity contribution in [2.75, 3.05) is 20.3 Å². The highest BCUT2D eigenvalue weighted by molar-refractivity contribution is 6.42. The van der Waals surface area contributed by atoms with Gasteiger partial charge in [-0.1, -0.05) is 35.3 Å². The number of hydrogen-bond acceptors (Lipinski definition) is 6. The Morgan fingerprint density at radius 3 is 2.28 bits per heavy atom. The molecule has 0 bridgehead atoms. The van der Waals surface area contributed by atoms with Gasteiger partial charge in [-0.25, -0.2) is 9.59 Å². The topological polar surface area (TPSA) is 73.9 Å². The average molecular weight is 442 g/mol. The molecule has 0 radical (unpaired) electrons. The Morgan fingerprint density at radius 1 is 1.07 bits per heavy atom. The van der Waals surface area contributed by atoms with Crippen LogP contribution >= 0.6 is 23.2 Å². The van der Waals surface area contributed by atoms with Crippen LogP contribution in [-0.2, 0) is 23.8 Å². The first-order valence-electron chi connectivity index (χ1n) is 9.18. The van der Waals surface area contributed by atoms with Crippen molar-refractivity contribution >= 4 is 35.1 Å². The van der Waals surface area contributed by atoms with Gasteiger partial charge in [0.25, 0.3) is 0 Å². The molecule has 1 atom stereocenters. The SMILES string of the molecule is COCCOC(=O)C1=C(C)NC(C)=C(C(=O)OC(C)C)C1c1cccc(Cl)c1Cl. The third kappa shape index (κ3) is 5.32. The second-order valence-electron chi connectivity index (χ2n) is 6.86. The molecule has 1 aromatic rings. The fourth-order valence-electron chi connectivity index (χ4n) is 3.16. The number of carbonyl (C=O) groups is 2. The van der Waals surface area contributed by atoms with E-state index in [1.807, 2.05) is 0 Å². The number of ether oxygens (including phenoxy) is 3. The molecule has 1 N–H and O–H groups in total. The van der Waals surface area contributed by atoms with Crippen LogP contribution in [0.15, 0.2) is 40.7 Å². The number of esters is 2. The summed E-state index contributed by atoms with van der Waals surface area (Å²) in [7, 11) is 1.52. The van der Waals surface area contributed by atoms with Gasteiger partial charge < -0.3 is 19.5 Å². The van der Waals surface area contributed by atoms with Crippen LogP contribution in [0.25, 0.3) is 0 Å². The van der Waals surface area contributed by atoms with Gasteiger partial charge in [0.05, 0.1) is 39.8 Å². The van der Waals surface area contributed by atoms with Crippen molar-refractivity contribution in [1.29, 1.82) is 0 Å². The molecule has 0 saturated carbocycles.